The summed E-state index contributed by atoms with van der Waals surface area (Å²) >= 11 is 25.6. The Bertz CT molecular complexity index is 2760. The molecule has 5 rings (SSSR count). The van der Waals surface area contributed by atoms with Crippen LogP contribution in [0.1, 0.15) is 84.1 Å². The molecule has 0 aliphatic carbocycles. The van der Waals surface area contributed by atoms with E-state index in [1.165, 1.54) is 48.5 Å². The maximum absolute atomic E-state index is 13.8. The number of hydrogen-bond acceptors (Lipinski definition) is 12. The highest BCUT2D eigenvalue weighted by Crippen LogP contribution is 2.39. The first-order valence-corrected chi connectivity index (χ1v) is 22.6. The van der Waals surface area contributed by atoms with Crippen molar-refractivity contribution in [3.8, 4) is 11.5 Å². The number of carbonyl (C=O) groups excluding carboxylic acids is 6. The molecule has 5 aromatic carbocycles. The number of ether oxygens (including phenoxy) is 2. The molecule has 0 spiro atoms. The minimum atomic E-state index is -1.70. The van der Waals surface area contributed by atoms with Gasteiger partial charge in [0.05, 0.1) is 45.1 Å². The zero-order valence-corrected chi connectivity index (χ0v) is 40.6. The molecule has 4 unspecified atom stereocenters. The van der Waals surface area contributed by atoms with Crippen LogP contribution in [0.2, 0.25) is 10.0 Å². The van der Waals surface area contributed by atoms with E-state index in [4.69, 9.17) is 55.9 Å². The SMILES string of the molecule is CCOc1cc(NC(=O)C(N=Nc2cccc(C(=O)Nc3cccc(C(C)Cl)c3)c2Cl)C(C)=O)cc(OCC)c1NC(=O)C(N=Nc1cccc(C(=O)Nc2cccc(C(C)Cl)c2)c1Cl)C(C)=O. The van der Waals surface area contributed by atoms with E-state index in [-0.39, 0.29) is 79.4 Å². The Morgan fingerprint density at radius 3 is 1.32 bits per heavy atom. The topological polar surface area (TPSA) is 218 Å². The standard InChI is InChI=1S/C48H46Cl4N8O8/c1-7-67-38-23-33(55-47(65)42(27(5)61)59-57-36-19-11-17-34(40(36)51)45(63)53-31-15-9-13-29(21-31)25(3)49)24-39(68-8-2)44(38)56-48(66)43(28(6)62)60-58-37-20-12-18-35(41(37)52)46(64)54-32-16-10-14-30(22-32)26(4)50/h9-26,42-43H,7-8H2,1-6H3,(H,53,63)(H,54,64)(H,55,65)(H,56,66). The lowest BCUT2D eigenvalue weighted by Crippen LogP contribution is -2.32. The second-order valence-corrected chi connectivity index (χ2v) is 16.9. The monoisotopic (exact) mass is 1000 g/mol. The minimum absolute atomic E-state index is 0.00867. The number of benzene rings is 5. The van der Waals surface area contributed by atoms with Crippen LogP contribution in [0.25, 0.3) is 0 Å². The van der Waals surface area contributed by atoms with Crippen molar-refractivity contribution < 1.29 is 38.2 Å². The molecule has 4 amide bonds. The number of carbonyl (C=O) groups is 6. The van der Waals surface area contributed by atoms with Crippen LogP contribution < -0.4 is 30.7 Å². The van der Waals surface area contributed by atoms with E-state index in [9.17, 15) is 28.8 Å². The molecule has 0 aromatic heterocycles. The van der Waals surface area contributed by atoms with Gasteiger partial charge in [0, 0.05) is 29.2 Å². The summed E-state index contributed by atoms with van der Waals surface area (Å²) < 4.78 is 11.7. The molecule has 354 valence electrons. The molecule has 0 aliphatic rings. The summed E-state index contributed by atoms with van der Waals surface area (Å²) in [4.78, 5) is 79.5. The lowest BCUT2D eigenvalue weighted by molar-refractivity contribution is -0.127. The molecule has 0 fully saturated rings. The Balaban J connectivity index is 1.34. The van der Waals surface area contributed by atoms with Crippen LogP contribution in [-0.4, -0.2) is 60.5 Å². The third kappa shape index (κ3) is 13.7. The second-order valence-electron chi connectivity index (χ2n) is 14.8. The number of amides is 4. The molecule has 0 radical (unpaired) electrons. The molecule has 4 N–H and O–H groups in total. The normalized spacial score (nSPS) is 13.0. The van der Waals surface area contributed by atoms with E-state index in [0.29, 0.717) is 11.4 Å². The van der Waals surface area contributed by atoms with Crippen LogP contribution in [0.4, 0.5) is 34.1 Å². The Morgan fingerprint density at radius 2 is 0.941 bits per heavy atom. The molecule has 20 heteroatoms. The van der Waals surface area contributed by atoms with Crippen LogP contribution >= 0.6 is 46.4 Å². The van der Waals surface area contributed by atoms with Crippen LogP contribution in [0.15, 0.2) is 118 Å². The zero-order valence-electron chi connectivity index (χ0n) is 37.5. The van der Waals surface area contributed by atoms with Crippen molar-refractivity contribution in [2.24, 2.45) is 20.5 Å². The summed E-state index contributed by atoms with van der Waals surface area (Å²) in [6.45, 7) is 9.42. The third-order valence-corrected chi connectivity index (χ3v) is 11.0. The quantitative estimate of drug-likeness (QED) is 0.0333. The first kappa shape index (κ1) is 52.3. The molecular weight excluding hydrogens is 958 g/mol. The number of nitrogens with one attached hydrogen (secondary N) is 4. The summed E-state index contributed by atoms with van der Waals surface area (Å²) in [5, 5.41) is 26.2. The summed E-state index contributed by atoms with van der Waals surface area (Å²) in [6.07, 6.45) is 0. The number of nitrogens with zero attached hydrogens (tertiary/aromatic N) is 4. The first-order chi connectivity index (χ1) is 32.4. The largest absolute Gasteiger partial charge is 0.491 e. The summed E-state index contributed by atoms with van der Waals surface area (Å²) in [5.41, 5.74) is 2.78. The number of alkyl halides is 2. The van der Waals surface area contributed by atoms with Crippen LogP contribution in [-0.2, 0) is 19.2 Å². The van der Waals surface area contributed by atoms with E-state index in [1.54, 1.807) is 64.1 Å². The fraction of sp³-hybridized carbons (Fsp3) is 0.250. The highest BCUT2D eigenvalue weighted by molar-refractivity contribution is 6.37. The van der Waals surface area contributed by atoms with Gasteiger partial charge in [0.2, 0.25) is 12.1 Å². The first-order valence-electron chi connectivity index (χ1n) is 21.0. The van der Waals surface area contributed by atoms with Crippen LogP contribution in [0.5, 0.6) is 11.5 Å². The van der Waals surface area contributed by atoms with Crippen molar-refractivity contribution in [2.75, 3.05) is 34.5 Å². The second kappa shape index (κ2) is 24.3. The van der Waals surface area contributed by atoms with E-state index in [2.05, 4.69) is 41.7 Å². The number of ketones is 2. The molecule has 16 nitrogen and oxygen atoms in total. The summed E-state index contributed by atoms with van der Waals surface area (Å²) in [5.74, 6) is -4.24. The van der Waals surface area contributed by atoms with Gasteiger partial charge < -0.3 is 30.7 Å². The van der Waals surface area contributed by atoms with Gasteiger partial charge in [-0.1, -0.05) is 59.6 Å². The van der Waals surface area contributed by atoms with E-state index in [1.807, 2.05) is 12.1 Å². The highest BCUT2D eigenvalue weighted by Gasteiger charge is 2.29. The lowest BCUT2D eigenvalue weighted by Gasteiger charge is -2.19. The van der Waals surface area contributed by atoms with E-state index >= 15 is 0 Å². The molecule has 0 saturated heterocycles. The van der Waals surface area contributed by atoms with Gasteiger partial charge >= 0.3 is 0 Å². The number of hydrogen-bond donors (Lipinski definition) is 4. The van der Waals surface area contributed by atoms with Gasteiger partial charge in [-0.15, -0.1) is 23.2 Å². The molecule has 68 heavy (non-hydrogen) atoms. The Labute approximate surface area is 412 Å². The average Bonchev–Trinajstić information content (AvgIpc) is 3.28. The predicted molar refractivity (Wildman–Crippen MR) is 264 cm³/mol. The van der Waals surface area contributed by atoms with Crippen molar-refractivity contribution in [3.05, 3.63) is 129 Å². The number of rotatable bonds is 20. The maximum Gasteiger partial charge on any atom is 0.259 e. The smallest absolute Gasteiger partial charge is 0.259 e. The Kier molecular flexibility index (Phi) is 18.7. The van der Waals surface area contributed by atoms with Gasteiger partial charge in [0.1, 0.15) is 28.6 Å². The number of azo groups is 2. The van der Waals surface area contributed by atoms with Gasteiger partial charge in [0.15, 0.2) is 11.6 Å². The average molecular weight is 1000 g/mol. The number of Topliss-reactive ketones (excluding diaryl/α,β-unsaturated/α-hetero) is 2. The Hall–Kier alpha value is -6.72. The van der Waals surface area contributed by atoms with Crippen molar-refractivity contribution >= 4 is 116 Å². The van der Waals surface area contributed by atoms with E-state index in [0.717, 1.165) is 25.0 Å². The summed E-state index contributed by atoms with van der Waals surface area (Å²) in [7, 11) is 0. The van der Waals surface area contributed by atoms with Crippen LogP contribution in [0, 0.1) is 0 Å². The fourth-order valence-corrected chi connectivity index (χ4v) is 7.04. The zero-order chi connectivity index (χ0) is 49.7. The highest BCUT2D eigenvalue weighted by atomic mass is 35.5. The van der Waals surface area contributed by atoms with Gasteiger partial charge in [-0.3, -0.25) is 28.8 Å². The third-order valence-electron chi connectivity index (χ3n) is 9.66. The molecule has 0 bridgehead atoms. The molecule has 4 atom stereocenters. The van der Waals surface area contributed by atoms with E-state index < -0.39 is 47.3 Å². The van der Waals surface area contributed by atoms with Crippen molar-refractivity contribution in [1.82, 2.24) is 0 Å². The maximum atomic E-state index is 13.8. The van der Waals surface area contributed by atoms with Crippen LogP contribution in [0.3, 0.4) is 0 Å². The van der Waals surface area contributed by atoms with Gasteiger partial charge in [-0.2, -0.15) is 20.5 Å². The van der Waals surface area contributed by atoms with Crippen molar-refractivity contribution in [1.29, 1.82) is 0 Å². The fourth-order valence-electron chi connectivity index (χ4n) is 6.27. The minimum Gasteiger partial charge on any atom is -0.491 e. The molecule has 0 saturated carbocycles. The predicted octanol–water partition coefficient (Wildman–Crippen LogP) is 12.3. The molecule has 0 aliphatic heterocycles. The van der Waals surface area contributed by atoms with Gasteiger partial charge in [-0.25, -0.2) is 0 Å². The number of halogens is 4. The molecule has 0 heterocycles. The van der Waals surface area contributed by atoms with Crippen molar-refractivity contribution in [2.45, 2.75) is 64.4 Å². The molecular formula is C48H46Cl4N8O8. The Morgan fingerprint density at radius 1 is 0.544 bits per heavy atom. The van der Waals surface area contributed by atoms with Crippen molar-refractivity contribution in [3.63, 3.8) is 0 Å². The summed E-state index contributed by atoms with van der Waals surface area (Å²) in [6, 6.07) is 22.3. The lowest BCUT2D eigenvalue weighted by atomic mass is 10.1. The van der Waals surface area contributed by atoms with Gasteiger partial charge in [0.25, 0.3) is 23.6 Å². The van der Waals surface area contributed by atoms with Gasteiger partial charge in [-0.05, 0) is 101 Å². The molecule has 5 aromatic rings. The number of anilines is 4.